The topological polar surface area (TPSA) is 57.9 Å². The Morgan fingerprint density at radius 3 is 2.88 bits per heavy atom. The van der Waals surface area contributed by atoms with Gasteiger partial charge in [-0.25, -0.2) is 4.98 Å². The Morgan fingerprint density at radius 2 is 2.08 bits per heavy atom. The first-order chi connectivity index (χ1) is 11.9. The molecule has 25 heavy (non-hydrogen) atoms. The van der Waals surface area contributed by atoms with Crippen LogP contribution in [0.5, 0.6) is 0 Å². The number of imidazole rings is 1. The van der Waals surface area contributed by atoms with Gasteiger partial charge in [-0.05, 0) is 38.3 Å². The number of halogens is 1. The zero-order valence-electron chi connectivity index (χ0n) is 14.5. The van der Waals surface area contributed by atoms with Gasteiger partial charge in [-0.2, -0.15) is 0 Å². The Balaban J connectivity index is 1.66. The van der Waals surface area contributed by atoms with Crippen molar-refractivity contribution >= 4 is 29.1 Å². The predicted octanol–water partition coefficient (Wildman–Crippen LogP) is 2.38. The van der Waals surface area contributed by atoms with Crippen LogP contribution in [0, 0.1) is 12.3 Å². The average Bonchev–Trinajstić information content (AvgIpc) is 3.13. The lowest BCUT2D eigenvalue weighted by Crippen LogP contribution is -2.48. The highest BCUT2D eigenvalue weighted by Gasteiger charge is 2.49. The van der Waals surface area contributed by atoms with Gasteiger partial charge in [0.2, 0.25) is 5.91 Å². The smallest absolute Gasteiger partial charge is 0.272 e. The van der Waals surface area contributed by atoms with Crippen molar-refractivity contribution in [3.63, 3.8) is 0 Å². The number of piperidine rings is 1. The zero-order valence-corrected chi connectivity index (χ0v) is 15.2. The summed E-state index contributed by atoms with van der Waals surface area (Å²) < 4.78 is 1.75. The molecule has 2 amide bonds. The number of nitrogens with zero attached hydrogens (tertiary/aromatic N) is 4. The van der Waals surface area contributed by atoms with Crippen molar-refractivity contribution in [2.45, 2.75) is 26.2 Å². The van der Waals surface area contributed by atoms with Crippen molar-refractivity contribution in [1.82, 2.24) is 19.2 Å². The third kappa shape index (κ3) is 2.51. The van der Waals surface area contributed by atoms with E-state index in [-0.39, 0.29) is 11.8 Å². The van der Waals surface area contributed by atoms with Crippen LogP contribution in [-0.4, -0.2) is 57.7 Å². The number of hydrogen-bond acceptors (Lipinski definition) is 3. The number of rotatable bonds is 1. The highest BCUT2D eigenvalue weighted by atomic mass is 35.5. The first kappa shape index (κ1) is 16.4. The van der Waals surface area contributed by atoms with Gasteiger partial charge in [0.05, 0.1) is 16.1 Å². The summed E-state index contributed by atoms with van der Waals surface area (Å²) in [5.74, 6) is 0.0946. The molecule has 4 heterocycles. The summed E-state index contributed by atoms with van der Waals surface area (Å²) in [6, 6.07) is 3.57. The van der Waals surface area contributed by atoms with Crippen LogP contribution in [0.25, 0.3) is 5.65 Å². The summed E-state index contributed by atoms with van der Waals surface area (Å²) in [6.07, 6.45) is 4.31. The van der Waals surface area contributed by atoms with E-state index in [9.17, 15) is 9.59 Å². The highest BCUT2D eigenvalue weighted by molar-refractivity contribution is 6.30. The van der Waals surface area contributed by atoms with Crippen LogP contribution in [-0.2, 0) is 4.79 Å². The van der Waals surface area contributed by atoms with E-state index in [0.717, 1.165) is 25.8 Å². The molecule has 0 N–H and O–H groups in total. The van der Waals surface area contributed by atoms with Gasteiger partial charge >= 0.3 is 0 Å². The van der Waals surface area contributed by atoms with E-state index < -0.39 is 5.41 Å². The number of amides is 2. The Labute approximate surface area is 151 Å². The van der Waals surface area contributed by atoms with Crippen LogP contribution in [0.15, 0.2) is 18.3 Å². The van der Waals surface area contributed by atoms with Crippen molar-refractivity contribution in [2.24, 2.45) is 5.41 Å². The Hall–Kier alpha value is -2.08. The fraction of sp³-hybridized carbons (Fsp3) is 0.500. The van der Waals surface area contributed by atoms with E-state index in [1.165, 1.54) is 0 Å². The number of likely N-dealkylation sites (tertiary alicyclic amines) is 2. The minimum atomic E-state index is -0.408. The summed E-state index contributed by atoms with van der Waals surface area (Å²) in [4.78, 5) is 33.9. The number of aromatic nitrogens is 2. The lowest BCUT2D eigenvalue weighted by Gasteiger charge is -2.37. The maximum atomic E-state index is 13.2. The van der Waals surface area contributed by atoms with E-state index in [4.69, 9.17) is 11.6 Å². The number of pyridine rings is 1. The summed E-state index contributed by atoms with van der Waals surface area (Å²) in [7, 11) is 1.85. The van der Waals surface area contributed by atoms with E-state index in [0.29, 0.717) is 35.1 Å². The van der Waals surface area contributed by atoms with Gasteiger partial charge in [-0.15, -0.1) is 0 Å². The molecule has 4 rings (SSSR count). The molecule has 0 saturated carbocycles. The third-order valence-corrected chi connectivity index (χ3v) is 5.77. The molecule has 1 spiro atoms. The Bertz CT molecular complexity index is 877. The van der Waals surface area contributed by atoms with E-state index in [2.05, 4.69) is 4.98 Å². The van der Waals surface area contributed by atoms with Crippen molar-refractivity contribution in [1.29, 1.82) is 0 Å². The van der Waals surface area contributed by atoms with Gasteiger partial charge < -0.3 is 9.80 Å². The van der Waals surface area contributed by atoms with Crippen LogP contribution in [0.1, 0.15) is 35.4 Å². The maximum absolute atomic E-state index is 13.2. The second-order valence-corrected chi connectivity index (χ2v) is 7.65. The second kappa shape index (κ2) is 5.73. The minimum Gasteiger partial charge on any atom is -0.345 e. The molecule has 0 radical (unpaired) electrons. The number of carbonyl (C=O) groups is 2. The lowest BCUT2D eigenvalue weighted by atomic mass is 9.78. The molecule has 7 heteroatoms. The molecule has 2 aliphatic rings. The fourth-order valence-electron chi connectivity index (χ4n) is 4.24. The van der Waals surface area contributed by atoms with Crippen LogP contribution in [0.2, 0.25) is 5.02 Å². The van der Waals surface area contributed by atoms with Gasteiger partial charge in [-0.1, -0.05) is 11.6 Å². The summed E-state index contributed by atoms with van der Waals surface area (Å²) in [5, 5.41) is 0.556. The number of hydrogen-bond donors (Lipinski definition) is 0. The van der Waals surface area contributed by atoms with Crippen LogP contribution in [0.4, 0.5) is 0 Å². The molecule has 0 aromatic carbocycles. The molecule has 2 aromatic heterocycles. The monoisotopic (exact) mass is 360 g/mol. The number of aryl methyl sites for hydroxylation is 1. The predicted molar refractivity (Wildman–Crippen MR) is 94.8 cm³/mol. The van der Waals surface area contributed by atoms with Crippen molar-refractivity contribution in [3.05, 3.63) is 34.7 Å². The SMILES string of the molecule is Cc1nc2ccc(Cl)cn2c1C(=O)N1CC[C@]2(CCCN(C)C2=O)C1. The largest absolute Gasteiger partial charge is 0.345 e. The molecule has 2 aromatic rings. The highest BCUT2D eigenvalue weighted by Crippen LogP contribution is 2.40. The van der Waals surface area contributed by atoms with Crippen LogP contribution >= 0.6 is 11.6 Å². The third-order valence-electron chi connectivity index (χ3n) is 5.55. The standard InChI is InChI=1S/C18H21ClN4O2/c1-12-15(23-10-13(19)4-5-14(23)20-12)16(24)22-9-7-18(11-22)6-3-8-21(2)17(18)25/h4-5,10H,3,6-9,11H2,1-2H3/t18-/m1/s1. The number of fused-ring (bicyclic) bond motifs is 1. The molecule has 6 nitrogen and oxygen atoms in total. The first-order valence-electron chi connectivity index (χ1n) is 8.60. The van der Waals surface area contributed by atoms with Crippen molar-refractivity contribution in [3.8, 4) is 0 Å². The van der Waals surface area contributed by atoms with Gasteiger partial charge in [0.1, 0.15) is 11.3 Å². The quantitative estimate of drug-likeness (QED) is 0.784. The van der Waals surface area contributed by atoms with E-state index in [1.54, 1.807) is 32.5 Å². The molecule has 1 atom stereocenters. The normalized spacial score (nSPS) is 23.9. The van der Waals surface area contributed by atoms with Gasteiger partial charge in [-0.3, -0.25) is 14.0 Å². The molecule has 0 aliphatic carbocycles. The molecule has 2 fully saturated rings. The summed E-state index contributed by atoms with van der Waals surface area (Å²) >= 11 is 6.09. The van der Waals surface area contributed by atoms with Gasteiger partial charge in [0.15, 0.2) is 0 Å². The van der Waals surface area contributed by atoms with Crippen molar-refractivity contribution < 1.29 is 9.59 Å². The average molecular weight is 361 g/mol. The molecular formula is C18H21ClN4O2. The van der Waals surface area contributed by atoms with Gasteiger partial charge in [0.25, 0.3) is 5.91 Å². The maximum Gasteiger partial charge on any atom is 0.272 e. The molecule has 132 valence electrons. The molecule has 2 saturated heterocycles. The number of carbonyl (C=O) groups excluding carboxylic acids is 2. The van der Waals surface area contributed by atoms with Crippen LogP contribution < -0.4 is 0 Å². The first-order valence-corrected chi connectivity index (χ1v) is 8.98. The van der Waals surface area contributed by atoms with Crippen molar-refractivity contribution in [2.75, 3.05) is 26.7 Å². The molecular weight excluding hydrogens is 340 g/mol. The second-order valence-electron chi connectivity index (χ2n) is 7.21. The Morgan fingerprint density at radius 1 is 1.28 bits per heavy atom. The lowest BCUT2D eigenvalue weighted by molar-refractivity contribution is -0.143. The minimum absolute atomic E-state index is 0.0785. The summed E-state index contributed by atoms with van der Waals surface area (Å²) in [6.45, 7) is 3.73. The van der Waals surface area contributed by atoms with Crippen LogP contribution in [0.3, 0.4) is 0 Å². The van der Waals surface area contributed by atoms with E-state index in [1.807, 2.05) is 14.0 Å². The fourth-order valence-corrected chi connectivity index (χ4v) is 4.40. The summed E-state index contributed by atoms with van der Waals surface area (Å²) in [5.41, 5.74) is 1.51. The molecule has 0 bridgehead atoms. The van der Waals surface area contributed by atoms with E-state index >= 15 is 0 Å². The van der Waals surface area contributed by atoms with Gasteiger partial charge in [0, 0.05) is 32.9 Å². The zero-order chi connectivity index (χ0) is 17.8. The molecule has 2 aliphatic heterocycles. The Kier molecular flexibility index (Phi) is 3.76. The molecule has 0 unspecified atom stereocenters.